The van der Waals surface area contributed by atoms with Crippen molar-refractivity contribution in [3.05, 3.63) is 23.4 Å². The van der Waals surface area contributed by atoms with Crippen LogP contribution in [0.2, 0.25) is 0 Å². The molecule has 1 aliphatic rings. The summed E-state index contributed by atoms with van der Waals surface area (Å²) in [5, 5.41) is 11.7. The average Bonchev–Trinajstić information content (AvgIpc) is 2.46. The van der Waals surface area contributed by atoms with Crippen molar-refractivity contribution in [3.8, 4) is 0 Å². The summed E-state index contributed by atoms with van der Waals surface area (Å²) >= 11 is 0. The predicted octanol–water partition coefficient (Wildman–Crippen LogP) is 1.19. The first kappa shape index (κ1) is 14.3. The van der Waals surface area contributed by atoms with E-state index in [-0.39, 0.29) is 17.5 Å². The molecule has 6 heteroatoms. The van der Waals surface area contributed by atoms with Crippen molar-refractivity contribution >= 4 is 17.7 Å². The van der Waals surface area contributed by atoms with Gasteiger partial charge in [-0.05, 0) is 38.3 Å². The van der Waals surface area contributed by atoms with Crippen LogP contribution in [-0.2, 0) is 4.79 Å². The highest BCUT2D eigenvalue weighted by Crippen LogP contribution is 2.24. The fourth-order valence-electron chi connectivity index (χ4n) is 2.58. The molecular weight excluding hydrogens is 258 g/mol. The van der Waals surface area contributed by atoms with Gasteiger partial charge in [0, 0.05) is 13.6 Å². The first-order valence-electron chi connectivity index (χ1n) is 6.73. The molecule has 2 N–H and O–H groups in total. The second-order valence-electron chi connectivity index (χ2n) is 4.93. The lowest BCUT2D eigenvalue weighted by atomic mass is 10.0. The molecular formula is C14H19N3O3. The number of aromatic nitrogens is 1. The lowest BCUT2D eigenvalue weighted by Gasteiger charge is -2.35. The van der Waals surface area contributed by atoms with Crippen molar-refractivity contribution in [2.75, 3.05) is 18.5 Å². The number of hydrogen-bond donors (Lipinski definition) is 2. The minimum atomic E-state index is -0.983. The molecule has 2 rings (SSSR count). The SMILES string of the molecule is CNC(=O)C1CCCCN1c1ccc(C(=O)O)c(C)n1. The van der Waals surface area contributed by atoms with E-state index in [1.54, 1.807) is 26.1 Å². The first-order valence-corrected chi connectivity index (χ1v) is 6.73. The van der Waals surface area contributed by atoms with Crippen LogP contribution in [0.5, 0.6) is 0 Å². The van der Waals surface area contributed by atoms with Crippen LogP contribution >= 0.6 is 0 Å². The van der Waals surface area contributed by atoms with Crippen molar-refractivity contribution in [3.63, 3.8) is 0 Å². The molecule has 0 radical (unpaired) electrons. The number of nitrogens with one attached hydrogen (secondary N) is 1. The van der Waals surface area contributed by atoms with Crippen LogP contribution in [0.3, 0.4) is 0 Å². The number of amides is 1. The van der Waals surface area contributed by atoms with Gasteiger partial charge in [0.25, 0.3) is 0 Å². The Hall–Kier alpha value is -2.11. The summed E-state index contributed by atoms with van der Waals surface area (Å²) in [6.07, 6.45) is 2.82. The molecule has 0 aromatic carbocycles. The van der Waals surface area contributed by atoms with E-state index in [0.29, 0.717) is 11.5 Å². The third-order valence-corrected chi connectivity index (χ3v) is 3.65. The number of aromatic carboxylic acids is 1. The number of pyridine rings is 1. The number of carbonyl (C=O) groups excluding carboxylic acids is 1. The van der Waals surface area contributed by atoms with E-state index in [2.05, 4.69) is 10.3 Å². The van der Waals surface area contributed by atoms with E-state index >= 15 is 0 Å². The highest BCUT2D eigenvalue weighted by Gasteiger charge is 2.29. The van der Waals surface area contributed by atoms with Gasteiger partial charge in [-0.1, -0.05) is 0 Å². The van der Waals surface area contributed by atoms with Gasteiger partial charge in [-0.2, -0.15) is 0 Å². The van der Waals surface area contributed by atoms with Crippen LogP contribution in [0, 0.1) is 6.92 Å². The summed E-state index contributed by atoms with van der Waals surface area (Å²) in [4.78, 5) is 29.3. The van der Waals surface area contributed by atoms with Gasteiger partial charge in [0.05, 0.1) is 11.3 Å². The zero-order valence-electron chi connectivity index (χ0n) is 11.7. The number of carboxylic acids is 1. The molecule has 108 valence electrons. The maximum Gasteiger partial charge on any atom is 0.337 e. The third kappa shape index (κ3) is 2.74. The quantitative estimate of drug-likeness (QED) is 0.867. The number of piperidine rings is 1. The molecule has 0 saturated carbocycles. The topological polar surface area (TPSA) is 82.5 Å². The monoisotopic (exact) mass is 277 g/mol. The molecule has 1 fully saturated rings. The minimum absolute atomic E-state index is 0.0218. The van der Waals surface area contributed by atoms with E-state index in [0.717, 1.165) is 25.8 Å². The molecule has 1 unspecified atom stereocenters. The molecule has 20 heavy (non-hydrogen) atoms. The van der Waals surface area contributed by atoms with E-state index in [1.165, 1.54) is 0 Å². The molecule has 1 saturated heterocycles. The fourth-order valence-corrected chi connectivity index (χ4v) is 2.58. The van der Waals surface area contributed by atoms with Gasteiger partial charge in [-0.3, -0.25) is 4.79 Å². The van der Waals surface area contributed by atoms with Crippen LogP contribution in [-0.4, -0.2) is 41.6 Å². The van der Waals surface area contributed by atoms with Gasteiger partial charge in [0.15, 0.2) is 0 Å². The molecule has 1 aromatic heterocycles. The Bertz CT molecular complexity index is 530. The highest BCUT2D eigenvalue weighted by atomic mass is 16.4. The van der Waals surface area contributed by atoms with Gasteiger partial charge < -0.3 is 15.3 Å². The molecule has 0 aliphatic carbocycles. The second kappa shape index (κ2) is 5.90. The van der Waals surface area contributed by atoms with Gasteiger partial charge in [-0.25, -0.2) is 9.78 Å². The summed E-state index contributed by atoms with van der Waals surface area (Å²) in [5.41, 5.74) is 0.665. The summed E-state index contributed by atoms with van der Waals surface area (Å²) < 4.78 is 0. The molecule has 0 spiro atoms. The Balaban J connectivity index is 2.31. The van der Waals surface area contributed by atoms with Crippen LogP contribution in [0.1, 0.15) is 35.3 Å². The number of aryl methyl sites for hydroxylation is 1. The summed E-state index contributed by atoms with van der Waals surface area (Å²) in [6.45, 7) is 2.43. The fraction of sp³-hybridized carbons (Fsp3) is 0.500. The molecule has 6 nitrogen and oxygen atoms in total. The molecule has 1 aliphatic heterocycles. The largest absolute Gasteiger partial charge is 0.478 e. The van der Waals surface area contributed by atoms with E-state index in [9.17, 15) is 9.59 Å². The van der Waals surface area contributed by atoms with Gasteiger partial charge >= 0.3 is 5.97 Å². The van der Waals surface area contributed by atoms with E-state index in [4.69, 9.17) is 5.11 Å². The Kier molecular flexibility index (Phi) is 4.22. The number of hydrogen-bond acceptors (Lipinski definition) is 4. The summed E-state index contributed by atoms with van der Waals surface area (Å²) in [5.74, 6) is -0.338. The maximum absolute atomic E-state index is 11.9. The molecule has 0 bridgehead atoms. The normalized spacial score (nSPS) is 18.7. The summed E-state index contributed by atoms with van der Waals surface area (Å²) in [7, 11) is 1.63. The maximum atomic E-state index is 11.9. The van der Waals surface area contributed by atoms with Crippen molar-refractivity contribution < 1.29 is 14.7 Å². The minimum Gasteiger partial charge on any atom is -0.478 e. The van der Waals surface area contributed by atoms with Crippen LogP contribution in [0.4, 0.5) is 5.82 Å². The molecule has 1 aromatic rings. The van der Waals surface area contributed by atoms with E-state index in [1.807, 2.05) is 4.90 Å². The standard InChI is InChI=1S/C14H19N3O3/c1-9-10(14(19)20)6-7-12(16-9)17-8-4-3-5-11(17)13(18)15-2/h6-7,11H,3-5,8H2,1-2H3,(H,15,18)(H,19,20). The molecule has 1 amide bonds. The summed E-state index contributed by atoms with van der Waals surface area (Å²) in [6, 6.07) is 3.00. The lowest BCUT2D eigenvalue weighted by Crippen LogP contribution is -2.49. The van der Waals surface area contributed by atoms with Crippen molar-refractivity contribution in [1.82, 2.24) is 10.3 Å². The highest BCUT2D eigenvalue weighted by molar-refractivity contribution is 5.89. The molecule has 2 heterocycles. The van der Waals surface area contributed by atoms with Crippen molar-refractivity contribution in [1.29, 1.82) is 0 Å². The number of carbonyl (C=O) groups is 2. The predicted molar refractivity (Wildman–Crippen MR) is 75.0 cm³/mol. The Morgan fingerprint density at radius 2 is 2.15 bits per heavy atom. The second-order valence-corrected chi connectivity index (χ2v) is 4.93. The van der Waals surface area contributed by atoms with Crippen LogP contribution in [0.15, 0.2) is 12.1 Å². The zero-order valence-corrected chi connectivity index (χ0v) is 11.7. The van der Waals surface area contributed by atoms with Crippen LogP contribution < -0.4 is 10.2 Å². The Morgan fingerprint density at radius 3 is 2.75 bits per heavy atom. The number of carboxylic acid groups (broad SMARTS) is 1. The smallest absolute Gasteiger partial charge is 0.337 e. The van der Waals surface area contributed by atoms with Crippen molar-refractivity contribution in [2.24, 2.45) is 0 Å². The average molecular weight is 277 g/mol. The number of nitrogens with zero attached hydrogens (tertiary/aromatic N) is 2. The Morgan fingerprint density at radius 1 is 1.40 bits per heavy atom. The van der Waals surface area contributed by atoms with Gasteiger partial charge in [0.1, 0.15) is 11.9 Å². The zero-order chi connectivity index (χ0) is 14.7. The molecule has 1 atom stereocenters. The number of likely N-dealkylation sites (N-methyl/N-ethyl adjacent to an activating group) is 1. The lowest BCUT2D eigenvalue weighted by molar-refractivity contribution is -0.122. The van der Waals surface area contributed by atoms with Crippen LogP contribution in [0.25, 0.3) is 0 Å². The number of rotatable bonds is 3. The number of anilines is 1. The van der Waals surface area contributed by atoms with E-state index < -0.39 is 5.97 Å². The first-order chi connectivity index (χ1) is 9.54. The van der Waals surface area contributed by atoms with Gasteiger partial charge in [0.2, 0.25) is 5.91 Å². The van der Waals surface area contributed by atoms with Gasteiger partial charge in [-0.15, -0.1) is 0 Å². The third-order valence-electron chi connectivity index (χ3n) is 3.65. The Labute approximate surface area is 117 Å². The van der Waals surface area contributed by atoms with Crippen molar-refractivity contribution in [2.45, 2.75) is 32.2 Å².